The molecule has 2 saturated carbocycles. The first-order valence-electron chi connectivity index (χ1n) is 8.57. The number of carbonyl (C=O) groups is 3. The molecular formula is C19H24N2O4. The number of hydrogen-bond donors (Lipinski definition) is 2. The van der Waals surface area contributed by atoms with Gasteiger partial charge in [-0.05, 0) is 29.7 Å². The van der Waals surface area contributed by atoms with Gasteiger partial charge in [0.2, 0.25) is 5.91 Å². The van der Waals surface area contributed by atoms with Crippen LogP contribution in [0.3, 0.4) is 0 Å². The largest absolute Gasteiger partial charge is 0.464 e. The molecule has 0 spiro atoms. The number of nitrogens with zero attached hydrogens (tertiary/aromatic N) is 1. The summed E-state index contributed by atoms with van der Waals surface area (Å²) in [7, 11) is 0. The predicted molar refractivity (Wildman–Crippen MR) is 91.3 cm³/mol. The van der Waals surface area contributed by atoms with E-state index in [1.165, 1.54) is 0 Å². The monoisotopic (exact) mass is 344 g/mol. The molecular weight excluding hydrogens is 320 g/mol. The minimum atomic E-state index is -1.25. The maximum Gasteiger partial charge on any atom is 0.426 e. The molecule has 6 nitrogen and oxygen atoms in total. The Morgan fingerprint density at radius 3 is 2.40 bits per heavy atom. The minimum absolute atomic E-state index is 0.0359. The van der Waals surface area contributed by atoms with Crippen molar-refractivity contribution in [3.05, 3.63) is 35.9 Å². The molecule has 2 bridgehead atoms. The smallest absolute Gasteiger partial charge is 0.426 e. The molecule has 0 aromatic heterocycles. The van der Waals surface area contributed by atoms with Crippen LogP contribution in [0, 0.1) is 22.7 Å². The highest BCUT2D eigenvalue weighted by atomic mass is 16.4. The summed E-state index contributed by atoms with van der Waals surface area (Å²) in [5.74, 6) is -1.38. The van der Waals surface area contributed by atoms with Crippen LogP contribution < -0.4 is 5.43 Å². The molecule has 1 aromatic carbocycles. The number of rotatable bonds is 3. The molecule has 2 amide bonds. The van der Waals surface area contributed by atoms with Gasteiger partial charge in [-0.2, -0.15) is 0 Å². The average Bonchev–Trinajstić information content (AvgIpc) is 2.87. The Balaban J connectivity index is 1.77. The molecule has 2 aliphatic carbocycles. The van der Waals surface area contributed by atoms with E-state index in [9.17, 15) is 19.5 Å². The molecule has 3 rings (SSSR count). The highest BCUT2D eigenvalue weighted by Crippen LogP contribution is 2.65. The summed E-state index contributed by atoms with van der Waals surface area (Å²) < 4.78 is 0. The van der Waals surface area contributed by atoms with Crippen LogP contribution in [0.15, 0.2) is 30.3 Å². The molecule has 0 aliphatic heterocycles. The second kappa shape index (κ2) is 5.86. The van der Waals surface area contributed by atoms with Crippen LogP contribution in [0.2, 0.25) is 0 Å². The number of fused-ring (bicyclic) bond motifs is 2. The zero-order chi connectivity index (χ0) is 18.4. The van der Waals surface area contributed by atoms with Gasteiger partial charge in [0.15, 0.2) is 5.78 Å². The lowest BCUT2D eigenvalue weighted by Crippen LogP contribution is -2.50. The van der Waals surface area contributed by atoms with E-state index in [-0.39, 0.29) is 23.7 Å². The summed E-state index contributed by atoms with van der Waals surface area (Å²) in [6, 6.07) is 9.02. The van der Waals surface area contributed by atoms with Gasteiger partial charge in [0, 0.05) is 5.41 Å². The fourth-order valence-corrected chi connectivity index (χ4v) is 4.51. The quantitative estimate of drug-likeness (QED) is 0.652. The Bertz CT molecular complexity index is 715. The van der Waals surface area contributed by atoms with Crippen molar-refractivity contribution in [3.8, 4) is 0 Å². The molecule has 2 N–H and O–H groups in total. The van der Waals surface area contributed by atoms with Crippen LogP contribution in [0.1, 0.15) is 39.2 Å². The Morgan fingerprint density at radius 1 is 1.24 bits per heavy atom. The van der Waals surface area contributed by atoms with Crippen LogP contribution in [-0.4, -0.2) is 27.9 Å². The number of hydrogen-bond acceptors (Lipinski definition) is 3. The van der Waals surface area contributed by atoms with Crippen LogP contribution in [-0.2, 0) is 16.1 Å². The molecule has 3 atom stereocenters. The molecule has 1 aromatic rings. The summed E-state index contributed by atoms with van der Waals surface area (Å²) in [5, 5.41) is 10.3. The zero-order valence-corrected chi connectivity index (χ0v) is 14.8. The number of hydrazine groups is 1. The maximum atomic E-state index is 12.8. The van der Waals surface area contributed by atoms with E-state index in [1.807, 2.05) is 26.8 Å². The highest BCUT2D eigenvalue weighted by molar-refractivity contribution is 6.07. The fraction of sp³-hybridized carbons (Fsp3) is 0.526. The predicted octanol–water partition coefficient (Wildman–Crippen LogP) is 2.84. The van der Waals surface area contributed by atoms with Crippen molar-refractivity contribution < 1.29 is 19.5 Å². The van der Waals surface area contributed by atoms with Crippen molar-refractivity contribution >= 4 is 17.8 Å². The number of carboxylic acid groups (broad SMARTS) is 1. The van der Waals surface area contributed by atoms with Crippen LogP contribution in [0.25, 0.3) is 0 Å². The second-order valence-corrected chi connectivity index (χ2v) is 7.87. The van der Waals surface area contributed by atoms with E-state index >= 15 is 0 Å². The standard InChI is InChI=1S/C19H24N2O4/c1-18(2)13-9-10-19(18,3)15(22)14(13)16(23)20-21(17(24)25)11-12-7-5-4-6-8-12/h4-8,13-14H,9-11H2,1-3H3,(H,20,23)(H,24,25)/t13-,14?,19+/m0/s1. The van der Waals surface area contributed by atoms with Crippen LogP contribution in [0.4, 0.5) is 4.79 Å². The zero-order valence-electron chi connectivity index (χ0n) is 14.8. The van der Waals surface area contributed by atoms with Crippen molar-refractivity contribution in [1.29, 1.82) is 0 Å². The van der Waals surface area contributed by atoms with Gasteiger partial charge in [0.1, 0.15) is 5.92 Å². The first-order valence-corrected chi connectivity index (χ1v) is 8.57. The maximum absolute atomic E-state index is 12.8. The lowest BCUT2D eigenvalue weighted by atomic mass is 9.70. The van der Waals surface area contributed by atoms with Gasteiger partial charge < -0.3 is 5.11 Å². The molecule has 6 heteroatoms. The molecule has 2 aliphatic rings. The third-order valence-corrected chi connectivity index (χ3v) is 6.48. The molecule has 25 heavy (non-hydrogen) atoms. The van der Waals surface area contributed by atoms with E-state index in [0.29, 0.717) is 0 Å². The Hall–Kier alpha value is -2.37. The molecule has 1 unspecified atom stereocenters. The summed E-state index contributed by atoms with van der Waals surface area (Å²) in [6.45, 7) is 6.04. The van der Waals surface area contributed by atoms with E-state index in [0.717, 1.165) is 23.4 Å². The lowest BCUT2D eigenvalue weighted by molar-refractivity contribution is -0.141. The number of Topliss-reactive ketones (excluding diaryl/α,β-unsaturated/α-hetero) is 1. The summed E-state index contributed by atoms with van der Waals surface area (Å²) in [4.78, 5) is 37.1. The second-order valence-electron chi connectivity index (χ2n) is 7.87. The fourth-order valence-electron chi connectivity index (χ4n) is 4.51. The van der Waals surface area contributed by atoms with Crippen molar-refractivity contribution in [2.24, 2.45) is 22.7 Å². The Morgan fingerprint density at radius 2 is 1.88 bits per heavy atom. The van der Waals surface area contributed by atoms with Crippen molar-refractivity contribution in [2.45, 2.75) is 40.2 Å². The Labute approximate surface area is 147 Å². The summed E-state index contributed by atoms with van der Waals surface area (Å²) in [6.07, 6.45) is 0.359. The normalized spacial score (nSPS) is 29.5. The molecule has 0 saturated heterocycles. The van der Waals surface area contributed by atoms with Crippen LogP contribution in [0.5, 0.6) is 0 Å². The average molecular weight is 344 g/mol. The first kappa shape index (κ1) is 17.5. The topological polar surface area (TPSA) is 86.7 Å². The number of carbonyl (C=O) groups excluding carboxylic acids is 2. The van der Waals surface area contributed by atoms with E-state index < -0.39 is 23.3 Å². The van der Waals surface area contributed by atoms with Crippen LogP contribution >= 0.6 is 0 Å². The SMILES string of the molecule is CC1(C)[C@H]2CC[C@]1(C)C(=O)C2C(=O)NN(Cc1ccccc1)C(=O)O. The summed E-state index contributed by atoms with van der Waals surface area (Å²) in [5.41, 5.74) is 2.45. The lowest BCUT2D eigenvalue weighted by Gasteiger charge is -2.32. The highest BCUT2D eigenvalue weighted by Gasteiger charge is 2.68. The number of benzene rings is 1. The van der Waals surface area contributed by atoms with E-state index in [2.05, 4.69) is 5.43 Å². The van der Waals surface area contributed by atoms with E-state index in [1.54, 1.807) is 24.3 Å². The Kier molecular flexibility index (Phi) is 4.09. The molecule has 0 radical (unpaired) electrons. The third kappa shape index (κ3) is 2.60. The number of nitrogens with one attached hydrogen (secondary N) is 1. The van der Waals surface area contributed by atoms with Crippen molar-refractivity contribution in [2.75, 3.05) is 0 Å². The van der Waals surface area contributed by atoms with Gasteiger partial charge in [0.25, 0.3) is 0 Å². The van der Waals surface area contributed by atoms with Crippen molar-refractivity contribution in [3.63, 3.8) is 0 Å². The third-order valence-electron chi connectivity index (χ3n) is 6.48. The van der Waals surface area contributed by atoms with Gasteiger partial charge >= 0.3 is 6.09 Å². The van der Waals surface area contributed by atoms with Gasteiger partial charge in [-0.3, -0.25) is 15.0 Å². The van der Waals surface area contributed by atoms with Gasteiger partial charge in [-0.1, -0.05) is 51.1 Å². The summed E-state index contributed by atoms with van der Waals surface area (Å²) >= 11 is 0. The molecule has 134 valence electrons. The van der Waals surface area contributed by atoms with Gasteiger partial charge in [0.05, 0.1) is 6.54 Å². The van der Waals surface area contributed by atoms with Crippen molar-refractivity contribution in [1.82, 2.24) is 10.4 Å². The van der Waals surface area contributed by atoms with Gasteiger partial charge in [-0.15, -0.1) is 0 Å². The molecule has 0 heterocycles. The number of amides is 2. The van der Waals surface area contributed by atoms with Gasteiger partial charge in [-0.25, -0.2) is 9.80 Å². The van der Waals surface area contributed by atoms with E-state index in [4.69, 9.17) is 0 Å². The minimum Gasteiger partial charge on any atom is -0.464 e. The first-order chi connectivity index (χ1) is 11.7. The number of ketones is 1. The molecule has 2 fully saturated rings.